The van der Waals surface area contributed by atoms with Crippen molar-refractivity contribution >= 4 is 17.9 Å². The molecule has 1 N–H and O–H groups in total. The van der Waals surface area contributed by atoms with Crippen LogP contribution in [0.2, 0.25) is 0 Å². The number of hydrogen-bond donors (Lipinski definition) is 1. The zero-order chi connectivity index (χ0) is 17.5. The van der Waals surface area contributed by atoms with Crippen LogP contribution in [0.15, 0.2) is 24.3 Å². The third kappa shape index (κ3) is 15.9. The van der Waals surface area contributed by atoms with Gasteiger partial charge in [-0.3, -0.25) is 0 Å². The molecule has 1 atom stereocenters. The molecular formula is C15H24O7. The maximum absolute atomic E-state index is 10.6. The second-order valence-electron chi connectivity index (χ2n) is 4.07. The molecule has 0 aromatic carbocycles. The van der Waals surface area contributed by atoms with Crippen LogP contribution in [0.5, 0.6) is 0 Å². The molecule has 0 saturated heterocycles. The highest BCUT2D eigenvalue weighted by Crippen LogP contribution is 1.92. The maximum Gasteiger partial charge on any atom is 0.333 e. The van der Waals surface area contributed by atoms with E-state index in [2.05, 4.69) is 20.8 Å². The van der Waals surface area contributed by atoms with Crippen molar-refractivity contribution < 1.29 is 33.7 Å². The summed E-state index contributed by atoms with van der Waals surface area (Å²) >= 11 is 0. The van der Waals surface area contributed by atoms with Crippen LogP contribution in [0, 0.1) is 0 Å². The lowest BCUT2D eigenvalue weighted by Crippen LogP contribution is -2.15. The Morgan fingerprint density at radius 3 is 1.73 bits per heavy atom. The molecule has 0 bridgehead atoms. The number of esters is 3. The summed E-state index contributed by atoms with van der Waals surface area (Å²) in [6, 6.07) is 0. The third-order valence-electron chi connectivity index (χ3n) is 1.73. The molecule has 22 heavy (non-hydrogen) atoms. The first-order valence-electron chi connectivity index (χ1n) is 6.76. The van der Waals surface area contributed by atoms with Gasteiger partial charge in [0, 0.05) is 17.7 Å². The predicted molar refractivity (Wildman–Crippen MR) is 79.9 cm³/mol. The summed E-state index contributed by atoms with van der Waals surface area (Å²) < 4.78 is 13.7. The van der Waals surface area contributed by atoms with Gasteiger partial charge in [0.05, 0.1) is 19.3 Å². The Morgan fingerprint density at radius 2 is 1.45 bits per heavy atom. The molecule has 0 aromatic rings. The smallest absolute Gasteiger partial charge is 0.333 e. The molecule has 7 nitrogen and oxygen atoms in total. The van der Waals surface area contributed by atoms with Crippen LogP contribution < -0.4 is 0 Å². The Kier molecular flexibility index (Phi) is 13.9. The number of carbonyl (C=O) groups is 3. The molecule has 1 unspecified atom stereocenters. The largest absolute Gasteiger partial charge is 0.463 e. The molecule has 7 heteroatoms. The van der Waals surface area contributed by atoms with Gasteiger partial charge >= 0.3 is 17.9 Å². The van der Waals surface area contributed by atoms with E-state index in [0.717, 1.165) is 12.2 Å². The van der Waals surface area contributed by atoms with Crippen molar-refractivity contribution in [2.45, 2.75) is 33.8 Å². The van der Waals surface area contributed by atoms with E-state index in [-0.39, 0.29) is 6.61 Å². The van der Waals surface area contributed by atoms with E-state index in [4.69, 9.17) is 5.11 Å². The highest BCUT2D eigenvalue weighted by Gasteiger charge is 2.03. The zero-order valence-electron chi connectivity index (χ0n) is 13.5. The number of aliphatic hydroxyl groups excluding tert-OH is 1. The van der Waals surface area contributed by atoms with E-state index in [1.54, 1.807) is 27.7 Å². The first-order valence-corrected chi connectivity index (χ1v) is 6.76. The van der Waals surface area contributed by atoms with Gasteiger partial charge in [-0.2, -0.15) is 0 Å². The van der Waals surface area contributed by atoms with Crippen molar-refractivity contribution in [1.29, 1.82) is 0 Å². The predicted octanol–water partition coefficient (Wildman–Crippen LogP) is 1.16. The van der Waals surface area contributed by atoms with Crippen LogP contribution in [0.3, 0.4) is 0 Å². The van der Waals surface area contributed by atoms with Crippen LogP contribution >= 0.6 is 0 Å². The minimum Gasteiger partial charge on any atom is -0.463 e. The normalized spacial score (nSPS) is 11.0. The monoisotopic (exact) mass is 316 g/mol. The highest BCUT2D eigenvalue weighted by molar-refractivity contribution is 5.91. The number of ether oxygens (including phenoxy) is 3. The van der Waals surface area contributed by atoms with Crippen molar-refractivity contribution in [3.63, 3.8) is 0 Å². The van der Waals surface area contributed by atoms with Crippen molar-refractivity contribution in [1.82, 2.24) is 0 Å². The summed E-state index contributed by atoms with van der Waals surface area (Å²) in [5, 5.41) is 8.68. The Balaban J connectivity index is 0. The minimum atomic E-state index is -0.608. The van der Waals surface area contributed by atoms with Crippen molar-refractivity contribution in [2.75, 3.05) is 19.8 Å². The molecule has 0 rings (SSSR count). The molecule has 0 spiro atoms. The average Bonchev–Trinajstić information content (AvgIpc) is 2.43. The molecule has 0 saturated carbocycles. The van der Waals surface area contributed by atoms with E-state index >= 15 is 0 Å². The van der Waals surface area contributed by atoms with E-state index in [9.17, 15) is 14.4 Å². The lowest BCUT2D eigenvalue weighted by atomic mass is 10.3. The first kappa shape index (κ1) is 22.1. The molecule has 0 aliphatic carbocycles. The number of carbonyl (C=O) groups excluding carboxylic acids is 3. The van der Waals surface area contributed by atoms with Gasteiger partial charge < -0.3 is 19.3 Å². The quantitative estimate of drug-likeness (QED) is 0.427. The summed E-state index contributed by atoms with van der Waals surface area (Å²) in [5.74, 6) is -1.53. The number of hydrogen-bond acceptors (Lipinski definition) is 7. The van der Waals surface area contributed by atoms with Crippen molar-refractivity contribution in [3.05, 3.63) is 24.3 Å². The Hall–Kier alpha value is -2.15. The van der Waals surface area contributed by atoms with Gasteiger partial charge in [0.2, 0.25) is 0 Å². The van der Waals surface area contributed by atoms with Crippen LogP contribution in [0.1, 0.15) is 27.7 Å². The topological polar surface area (TPSA) is 99.1 Å². The van der Waals surface area contributed by atoms with Gasteiger partial charge in [-0.05, 0) is 27.7 Å². The Morgan fingerprint density at radius 1 is 1.05 bits per heavy atom. The molecule has 0 fully saturated rings. The van der Waals surface area contributed by atoms with Crippen LogP contribution in [-0.2, 0) is 28.6 Å². The Bertz CT molecular complexity index is 377. The lowest BCUT2D eigenvalue weighted by Gasteiger charge is -2.04. The summed E-state index contributed by atoms with van der Waals surface area (Å²) in [4.78, 5) is 31.9. The molecule has 0 aliphatic heterocycles. The van der Waals surface area contributed by atoms with E-state index < -0.39 is 24.0 Å². The van der Waals surface area contributed by atoms with Crippen LogP contribution in [-0.4, -0.2) is 48.9 Å². The fourth-order valence-corrected chi connectivity index (χ4v) is 0.836. The van der Waals surface area contributed by atoms with Crippen LogP contribution in [0.25, 0.3) is 0 Å². The lowest BCUT2D eigenvalue weighted by molar-refractivity contribution is -0.141. The van der Waals surface area contributed by atoms with Crippen molar-refractivity contribution in [3.8, 4) is 0 Å². The first-order chi connectivity index (χ1) is 10.2. The summed E-state index contributed by atoms with van der Waals surface area (Å²) in [5.41, 5.74) is 0.348. The van der Waals surface area contributed by atoms with E-state index in [1.165, 1.54) is 0 Å². The van der Waals surface area contributed by atoms with Gasteiger partial charge in [-0.1, -0.05) is 6.58 Å². The molecule has 0 radical (unpaired) electrons. The molecule has 0 heterocycles. The number of rotatable bonds is 7. The molecule has 126 valence electrons. The second kappa shape index (κ2) is 13.8. The standard InChI is InChI=1S/C8H12O4.C7H12O3/c1-3-11-7(9)5-6-8(10)12-4-2;1-5(2)7(9)10-4-6(3)8/h5-6H,3-4H2,1-2H3;6,8H,1,4H2,2-3H3/b6-5-;. The maximum atomic E-state index is 10.6. The Labute approximate surface area is 130 Å². The minimum absolute atomic E-state index is 0.0334. The summed E-state index contributed by atoms with van der Waals surface area (Å²) in [7, 11) is 0. The highest BCUT2D eigenvalue weighted by atomic mass is 16.5. The molecular weight excluding hydrogens is 292 g/mol. The van der Waals surface area contributed by atoms with Gasteiger partial charge in [0.1, 0.15) is 6.61 Å². The number of aliphatic hydroxyl groups is 1. The molecule has 0 amide bonds. The van der Waals surface area contributed by atoms with Gasteiger partial charge in [0.15, 0.2) is 0 Å². The fraction of sp³-hybridized carbons (Fsp3) is 0.533. The molecule has 0 aliphatic rings. The average molecular weight is 316 g/mol. The SMILES string of the molecule is C=C(C)C(=O)OCC(C)O.CCOC(=O)/C=C\C(=O)OCC. The zero-order valence-corrected chi connectivity index (χ0v) is 13.5. The van der Waals surface area contributed by atoms with Crippen molar-refractivity contribution in [2.24, 2.45) is 0 Å². The second-order valence-corrected chi connectivity index (χ2v) is 4.07. The van der Waals surface area contributed by atoms with E-state index in [0.29, 0.717) is 18.8 Å². The fourth-order valence-electron chi connectivity index (χ4n) is 0.836. The third-order valence-corrected chi connectivity index (χ3v) is 1.73. The van der Waals surface area contributed by atoms with Crippen LogP contribution in [0.4, 0.5) is 0 Å². The summed E-state index contributed by atoms with van der Waals surface area (Å²) in [6.45, 7) is 10.5. The van der Waals surface area contributed by atoms with Gasteiger partial charge in [0.25, 0.3) is 0 Å². The van der Waals surface area contributed by atoms with E-state index in [1.807, 2.05) is 0 Å². The van der Waals surface area contributed by atoms with Gasteiger partial charge in [-0.15, -0.1) is 0 Å². The molecule has 0 aromatic heterocycles. The van der Waals surface area contributed by atoms with Gasteiger partial charge in [-0.25, -0.2) is 14.4 Å². The summed E-state index contributed by atoms with van der Waals surface area (Å²) in [6.07, 6.45) is 1.48.